The summed E-state index contributed by atoms with van der Waals surface area (Å²) in [5.74, 6) is 1.30. The topological polar surface area (TPSA) is 89.4 Å². The van der Waals surface area contributed by atoms with Crippen LogP contribution in [0.5, 0.6) is 5.75 Å². The molecule has 1 saturated carbocycles. The van der Waals surface area contributed by atoms with Gasteiger partial charge in [0.25, 0.3) is 0 Å². The molecule has 0 radical (unpaired) electrons. The molecule has 0 unspecified atom stereocenters. The highest BCUT2D eigenvalue weighted by Crippen LogP contribution is 2.50. The van der Waals surface area contributed by atoms with Gasteiger partial charge in [-0.15, -0.1) is 5.10 Å². The van der Waals surface area contributed by atoms with Gasteiger partial charge < -0.3 is 14.8 Å². The number of aromatic nitrogens is 5. The quantitative estimate of drug-likeness (QED) is 0.717. The van der Waals surface area contributed by atoms with Crippen molar-refractivity contribution < 1.29 is 9.47 Å². The average molecular weight is 370 g/mol. The van der Waals surface area contributed by atoms with Crippen molar-refractivity contribution in [2.45, 2.75) is 39.2 Å². The van der Waals surface area contributed by atoms with Gasteiger partial charge in [0.05, 0.1) is 25.5 Å². The van der Waals surface area contributed by atoms with Crippen LogP contribution in [0.3, 0.4) is 0 Å². The Bertz CT molecular complexity index is 893. The third-order valence-corrected chi connectivity index (χ3v) is 4.96. The van der Waals surface area contributed by atoms with Crippen LogP contribution in [0.2, 0.25) is 0 Å². The molecule has 0 atom stereocenters. The third-order valence-electron chi connectivity index (χ3n) is 4.96. The molecule has 0 aromatic carbocycles. The second-order valence-corrected chi connectivity index (χ2v) is 7.34. The number of nitrogens with zero attached hydrogens (tertiary/aromatic N) is 4. The molecule has 144 valence electrons. The van der Waals surface area contributed by atoms with Crippen molar-refractivity contribution in [2.75, 3.05) is 25.6 Å². The van der Waals surface area contributed by atoms with Crippen LogP contribution in [0.15, 0.2) is 24.7 Å². The summed E-state index contributed by atoms with van der Waals surface area (Å²) in [4.78, 5) is 4.54. The number of hydrogen-bond donors (Lipinski definition) is 2. The van der Waals surface area contributed by atoms with Gasteiger partial charge in [-0.3, -0.25) is 5.10 Å². The number of ether oxygens (including phenoxy) is 2. The highest BCUT2D eigenvalue weighted by Gasteiger charge is 2.52. The second kappa shape index (κ2) is 7.19. The van der Waals surface area contributed by atoms with E-state index < -0.39 is 0 Å². The molecule has 3 fully saturated rings. The van der Waals surface area contributed by atoms with Crippen LogP contribution >= 0.6 is 0 Å². The van der Waals surface area contributed by atoms with E-state index in [-0.39, 0.29) is 5.41 Å². The monoisotopic (exact) mass is 370 g/mol. The molecule has 6 rings (SSSR count). The summed E-state index contributed by atoms with van der Waals surface area (Å²) in [5, 5.41) is 14.3. The van der Waals surface area contributed by atoms with Crippen molar-refractivity contribution in [3.63, 3.8) is 0 Å². The van der Waals surface area contributed by atoms with Gasteiger partial charge in [0.15, 0.2) is 11.4 Å². The van der Waals surface area contributed by atoms with Crippen molar-refractivity contribution in [2.24, 2.45) is 5.41 Å². The zero-order valence-electron chi connectivity index (χ0n) is 16.0. The maximum absolute atomic E-state index is 6.28. The van der Waals surface area contributed by atoms with Gasteiger partial charge >= 0.3 is 0 Å². The maximum Gasteiger partial charge on any atom is 0.242 e. The fourth-order valence-electron chi connectivity index (χ4n) is 3.62. The first-order valence-electron chi connectivity index (χ1n) is 9.48. The fraction of sp³-hybridized carbons (Fsp3) is 0.526. The van der Waals surface area contributed by atoms with Gasteiger partial charge in [0, 0.05) is 36.0 Å². The summed E-state index contributed by atoms with van der Waals surface area (Å²) in [6.45, 7) is 5.67. The van der Waals surface area contributed by atoms with Gasteiger partial charge in [-0.1, -0.05) is 20.3 Å². The smallest absolute Gasteiger partial charge is 0.242 e. The lowest BCUT2D eigenvalue weighted by molar-refractivity contribution is 0.0828. The Morgan fingerprint density at radius 3 is 2.85 bits per heavy atom. The molecule has 2 aliphatic heterocycles. The SMILES string of the molecule is CCC.CNc1nc2c(OCC34COC(C3)C4)c(-c3cn[nH]c3)ccn2n1. The average Bonchev–Trinajstić information content (AvgIpc) is 3.42. The van der Waals surface area contributed by atoms with Crippen molar-refractivity contribution in [1.29, 1.82) is 0 Å². The van der Waals surface area contributed by atoms with Gasteiger partial charge in [-0.2, -0.15) is 10.1 Å². The van der Waals surface area contributed by atoms with Crippen LogP contribution < -0.4 is 10.1 Å². The molecule has 3 aromatic rings. The van der Waals surface area contributed by atoms with E-state index in [1.807, 2.05) is 18.5 Å². The van der Waals surface area contributed by atoms with Crippen LogP contribution in [0.4, 0.5) is 5.95 Å². The summed E-state index contributed by atoms with van der Waals surface area (Å²) >= 11 is 0. The largest absolute Gasteiger partial charge is 0.488 e. The fourth-order valence-corrected chi connectivity index (χ4v) is 3.62. The first-order valence-corrected chi connectivity index (χ1v) is 9.48. The molecule has 8 nitrogen and oxygen atoms in total. The Hall–Kier alpha value is -2.61. The van der Waals surface area contributed by atoms with E-state index in [0.717, 1.165) is 36.3 Å². The number of fused-ring (bicyclic) bond motifs is 2. The molecule has 2 saturated heterocycles. The molecule has 0 amide bonds. The van der Waals surface area contributed by atoms with E-state index in [0.29, 0.717) is 24.3 Å². The minimum atomic E-state index is 0.164. The summed E-state index contributed by atoms with van der Waals surface area (Å²) < 4.78 is 13.7. The lowest BCUT2D eigenvalue weighted by Crippen LogP contribution is -2.38. The number of anilines is 1. The minimum Gasteiger partial charge on any atom is -0.488 e. The Kier molecular flexibility index (Phi) is 4.73. The minimum absolute atomic E-state index is 0.164. The molecule has 3 aromatic heterocycles. The van der Waals surface area contributed by atoms with Crippen molar-refractivity contribution in [3.05, 3.63) is 24.7 Å². The van der Waals surface area contributed by atoms with Crippen LogP contribution in [-0.4, -0.2) is 51.2 Å². The van der Waals surface area contributed by atoms with Crippen LogP contribution in [-0.2, 0) is 4.74 Å². The van der Waals surface area contributed by atoms with Crippen LogP contribution in [0.25, 0.3) is 16.8 Å². The van der Waals surface area contributed by atoms with Crippen LogP contribution in [0.1, 0.15) is 33.1 Å². The number of hydrogen-bond acceptors (Lipinski definition) is 6. The zero-order valence-corrected chi connectivity index (χ0v) is 16.0. The van der Waals surface area contributed by atoms with E-state index >= 15 is 0 Å². The van der Waals surface area contributed by atoms with Gasteiger partial charge in [0.1, 0.15) is 0 Å². The lowest BCUT2D eigenvalue weighted by atomic mass is 9.71. The third kappa shape index (κ3) is 3.25. The normalized spacial score (nSPS) is 22.9. The summed E-state index contributed by atoms with van der Waals surface area (Å²) in [6, 6.07) is 1.98. The predicted molar refractivity (Wildman–Crippen MR) is 103 cm³/mol. The molecular weight excluding hydrogens is 344 g/mol. The molecule has 27 heavy (non-hydrogen) atoms. The van der Waals surface area contributed by atoms with E-state index in [9.17, 15) is 0 Å². The predicted octanol–water partition coefficient (Wildman–Crippen LogP) is 3.14. The van der Waals surface area contributed by atoms with E-state index in [1.165, 1.54) is 6.42 Å². The Morgan fingerprint density at radius 2 is 2.22 bits per heavy atom. The summed E-state index contributed by atoms with van der Waals surface area (Å²) in [5.41, 5.74) is 2.78. The highest BCUT2D eigenvalue weighted by molar-refractivity contribution is 5.77. The number of rotatable bonds is 5. The first kappa shape index (κ1) is 17.8. The second-order valence-electron chi connectivity index (χ2n) is 7.34. The zero-order chi connectivity index (χ0) is 18.9. The van der Waals surface area contributed by atoms with Crippen molar-refractivity contribution in [1.82, 2.24) is 24.8 Å². The molecular formula is C19H26N6O2. The van der Waals surface area contributed by atoms with Gasteiger partial charge in [0.2, 0.25) is 5.95 Å². The summed E-state index contributed by atoms with van der Waals surface area (Å²) in [6.07, 6.45) is 9.38. The lowest BCUT2D eigenvalue weighted by Gasteiger charge is -2.34. The Labute approximate surface area is 158 Å². The standard InChI is InChI=1S/C16H18N6O2.C3H8/c1-17-15-20-14-13(24-9-16-4-11(5-16)23-8-16)12(2-3-22(14)21-15)10-6-18-19-7-10;1-3-2/h2-3,6-7,11H,4-5,8-9H2,1H3,(H,17,21)(H,18,19);3H2,1-2H3. The first-order chi connectivity index (χ1) is 13.2. The maximum atomic E-state index is 6.28. The molecule has 1 aliphatic carbocycles. The van der Waals surface area contributed by atoms with Gasteiger partial charge in [-0.05, 0) is 18.9 Å². The van der Waals surface area contributed by atoms with Crippen LogP contribution in [0, 0.1) is 5.41 Å². The molecule has 0 spiro atoms. The molecule has 8 heteroatoms. The number of nitrogens with one attached hydrogen (secondary N) is 2. The Balaban J connectivity index is 0.000000565. The molecule has 5 heterocycles. The number of aromatic amines is 1. The Morgan fingerprint density at radius 1 is 1.41 bits per heavy atom. The van der Waals surface area contributed by atoms with Gasteiger partial charge in [-0.25, -0.2) is 4.52 Å². The van der Waals surface area contributed by atoms with E-state index in [4.69, 9.17) is 9.47 Å². The summed E-state index contributed by atoms with van der Waals surface area (Å²) in [7, 11) is 1.80. The van der Waals surface area contributed by atoms with Crippen molar-refractivity contribution >= 4 is 11.6 Å². The molecule has 2 N–H and O–H groups in total. The van der Waals surface area contributed by atoms with Crippen molar-refractivity contribution in [3.8, 4) is 16.9 Å². The van der Waals surface area contributed by atoms with E-state index in [1.54, 1.807) is 17.8 Å². The molecule has 2 bridgehead atoms. The van der Waals surface area contributed by atoms with E-state index in [2.05, 4.69) is 39.4 Å². The molecule has 3 aliphatic rings. The highest BCUT2D eigenvalue weighted by atomic mass is 16.5. The number of pyridine rings is 1. The number of H-pyrrole nitrogens is 1.